The highest BCUT2D eigenvalue weighted by molar-refractivity contribution is 7.92. The van der Waals surface area contributed by atoms with Crippen LogP contribution in [-0.4, -0.2) is 19.0 Å². The van der Waals surface area contributed by atoms with E-state index in [2.05, 4.69) is 5.32 Å². The Labute approximate surface area is 145 Å². The van der Waals surface area contributed by atoms with E-state index in [9.17, 15) is 35.5 Å². The highest BCUT2D eigenvalue weighted by atomic mass is 32.2. The van der Waals surface area contributed by atoms with Gasteiger partial charge in [0, 0.05) is 23.0 Å². The van der Waals surface area contributed by atoms with Gasteiger partial charge in [-0.3, -0.25) is 0 Å². The van der Waals surface area contributed by atoms with Crippen LogP contribution in [0.4, 0.5) is 33.3 Å². The average molecular weight is 393 g/mol. The van der Waals surface area contributed by atoms with Crippen molar-refractivity contribution in [1.82, 2.24) is 0 Å². The van der Waals surface area contributed by atoms with Gasteiger partial charge in [0.25, 0.3) is 9.84 Å². The van der Waals surface area contributed by atoms with Crippen molar-refractivity contribution in [3.63, 3.8) is 0 Å². The fourth-order valence-corrected chi connectivity index (χ4v) is 4.01. The molecule has 0 unspecified atom stereocenters. The van der Waals surface area contributed by atoms with E-state index in [0.29, 0.717) is 6.07 Å². The Bertz CT molecular complexity index is 952. The number of hydrogen-bond acceptors (Lipinski definition) is 4. The van der Waals surface area contributed by atoms with Crippen molar-refractivity contribution in [2.45, 2.75) is 29.3 Å². The first-order valence-corrected chi connectivity index (χ1v) is 8.87. The smallest absolute Gasteiger partial charge is 0.388 e. The Kier molecular flexibility index (Phi) is 4.43. The molecule has 0 radical (unpaired) electrons. The summed E-state index contributed by atoms with van der Waals surface area (Å²) in [5, 5.41) is 12.6. The molecule has 26 heavy (non-hydrogen) atoms. The van der Waals surface area contributed by atoms with Crippen LogP contribution in [0, 0.1) is 11.6 Å². The van der Waals surface area contributed by atoms with Gasteiger partial charge in [0.15, 0.2) is 0 Å². The van der Waals surface area contributed by atoms with Crippen molar-refractivity contribution in [1.29, 1.82) is 0 Å². The predicted octanol–water partition coefficient (Wildman–Crippen LogP) is 3.98. The number of nitrogens with one attached hydrogen (secondary N) is 1. The lowest BCUT2D eigenvalue weighted by atomic mass is 10.1. The Hall–Kier alpha value is -2.20. The van der Waals surface area contributed by atoms with Gasteiger partial charge in [-0.1, -0.05) is 0 Å². The number of fused-ring (bicyclic) bond motifs is 1. The molecular formula is C16H12F5NO3S. The van der Waals surface area contributed by atoms with E-state index in [1.165, 1.54) is 0 Å². The molecule has 10 heteroatoms. The van der Waals surface area contributed by atoms with Crippen molar-refractivity contribution in [2.24, 2.45) is 0 Å². The second kappa shape index (κ2) is 6.20. The van der Waals surface area contributed by atoms with Crippen LogP contribution in [0.15, 0.2) is 35.2 Å². The van der Waals surface area contributed by atoms with Crippen molar-refractivity contribution in [3.8, 4) is 0 Å². The fourth-order valence-electron chi connectivity index (χ4n) is 2.96. The molecule has 0 aliphatic heterocycles. The first-order valence-electron chi connectivity index (χ1n) is 7.39. The third kappa shape index (κ3) is 3.14. The molecule has 1 aliphatic carbocycles. The zero-order valence-corrected chi connectivity index (χ0v) is 13.8. The van der Waals surface area contributed by atoms with Crippen LogP contribution < -0.4 is 5.32 Å². The van der Waals surface area contributed by atoms with Crippen LogP contribution >= 0.6 is 0 Å². The molecule has 0 saturated carbocycles. The predicted molar refractivity (Wildman–Crippen MR) is 82.6 cm³/mol. The highest BCUT2D eigenvalue weighted by Gasteiger charge is 2.49. The summed E-state index contributed by atoms with van der Waals surface area (Å²) < 4.78 is 88.8. The summed E-state index contributed by atoms with van der Waals surface area (Å²) in [6, 6.07) is 4.41. The Morgan fingerprint density at radius 3 is 2.27 bits per heavy atom. The maximum Gasteiger partial charge on any atom is 0.501 e. The van der Waals surface area contributed by atoms with Crippen molar-refractivity contribution >= 4 is 21.2 Å². The van der Waals surface area contributed by atoms with Crippen molar-refractivity contribution in [3.05, 3.63) is 53.1 Å². The summed E-state index contributed by atoms with van der Waals surface area (Å²) in [6.07, 6.45) is -1.24. The molecule has 140 valence electrons. The summed E-state index contributed by atoms with van der Waals surface area (Å²) in [4.78, 5) is -1.01. The second-order valence-corrected chi connectivity index (χ2v) is 7.70. The maximum absolute atomic E-state index is 13.3. The first-order chi connectivity index (χ1) is 12.0. The molecular weight excluding hydrogens is 381 g/mol. The van der Waals surface area contributed by atoms with E-state index in [1.54, 1.807) is 0 Å². The molecule has 2 aromatic carbocycles. The van der Waals surface area contributed by atoms with E-state index >= 15 is 0 Å². The lowest BCUT2D eigenvalue weighted by Crippen LogP contribution is -2.25. The Balaban J connectivity index is 2.11. The summed E-state index contributed by atoms with van der Waals surface area (Å²) in [7, 11) is -5.65. The molecule has 2 aromatic rings. The van der Waals surface area contributed by atoms with E-state index < -0.39 is 38.0 Å². The molecule has 0 fully saturated rings. The Morgan fingerprint density at radius 1 is 1.08 bits per heavy atom. The number of aliphatic hydroxyl groups is 1. The number of sulfone groups is 1. The van der Waals surface area contributed by atoms with Crippen LogP contribution in [0.1, 0.15) is 23.7 Å². The minimum atomic E-state index is -5.65. The zero-order valence-electron chi connectivity index (χ0n) is 12.9. The molecule has 3 rings (SSSR count). The summed E-state index contributed by atoms with van der Waals surface area (Å²) in [5.41, 5.74) is -5.53. The maximum atomic E-state index is 13.3. The van der Waals surface area contributed by atoms with E-state index in [0.717, 1.165) is 24.3 Å². The summed E-state index contributed by atoms with van der Waals surface area (Å²) >= 11 is 0. The zero-order chi connectivity index (χ0) is 19.3. The fraction of sp³-hybridized carbons (Fsp3) is 0.250. The lowest BCUT2D eigenvalue weighted by Gasteiger charge is -2.17. The Morgan fingerprint density at radius 2 is 1.69 bits per heavy atom. The number of aliphatic hydroxyl groups excluding tert-OH is 1. The third-order valence-electron chi connectivity index (χ3n) is 4.05. The van der Waals surface area contributed by atoms with Gasteiger partial charge in [0.2, 0.25) is 0 Å². The van der Waals surface area contributed by atoms with Crippen LogP contribution in [0.25, 0.3) is 0 Å². The molecule has 0 heterocycles. The van der Waals surface area contributed by atoms with Gasteiger partial charge in [0.05, 0.1) is 11.0 Å². The molecule has 1 aliphatic rings. The number of halogens is 5. The van der Waals surface area contributed by atoms with Crippen molar-refractivity contribution in [2.75, 3.05) is 5.32 Å². The minimum absolute atomic E-state index is 0.00230. The average Bonchev–Trinajstić information content (AvgIpc) is 2.88. The molecule has 0 saturated heterocycles. The molecule has 1 atom stereocenters. The summed E-state index contributed by atoms with van der Waals surface area (Å²) in [6.45, 7) is 0. The quantitative estimate of drug-likeness (QED) is 0.775. The highest BCUT2D eigenvalue weighted by Crippen LogP contribution is 2.44. The van der Waals surface area contributed by atoms with E-state index in [-0.39, 0.29) is 35.3 Å². The standard InChI is InChI=1S/C16H12F5NO3S/c17-8-5-9(18)7-10(6-8)22-12-2-4-14(26(24,25)16(19,20)21)15-11(12)1-3-13(15)23/h2,4-7,13,22-23H,1,3H2/t13-/m1/s1. The first kappa shape index (κ1) is 18.6. The third-order valence-corrected chi connectivity index (χ3v) is 5.60. The number of benzene rings is 2. The van der Waals surface area contributed by atoms with Gasteiger partial charge in [-0.2, -0.15) is 13.2 Å². The van der Waals surface area contributed by atoms with Gasteiger partial charge in [-0.25, -0.2) is 17.2 Å². The summed E-state index contributed by atoms with van der Waals surface area (Å²) in [5.74, 6) is -1.72. The number of hydrogen-bond donors (Lipinski definition) is 2. The van der Waals surface area contributed by atoms with E-state index in [4.69, 9.17) is 0 Å². The normalized spacial score (nSPS) is 17.2. The number of alkyl halides is 3. The molecule has 0 bridgehead atoms. The topological polar surface area (TPSA) is 66.4 Å². The van der Waals surface area contributed by atoms with Gasteiger partial charge in [0.1, 0.15) is 11.6 Å². The molecule has 0 amide bonds. The second-order valence-electron chi connectivity index (χ2n) is 5.79. The van der Waals surface area contributed by atoms with E-state index in [1.807, 2.05) is 0 Å². The van der Waals surface area contributed by atoms with Gasteiger partial charge in [-0.15, -0.1) is 0 Å². The van der Waals surface area contributed by atoms with Gasteiger partial charge in [-0.05, 0) is 42.7 Å². The lowest BCUT2D eigenvalue weighted by molar-refractivity contribution is -0.0437. The molecule has 2 N–H and O–H groups in total. The number of rotatable bonds is 3. The van der Waals surface area contributed by atoms with Crippen LogP contribution in [0.2, 0.25) is 0 Å². The van der Waals surface area contributed by atoms with Gasteiger partial charge >= 0.3 is 5.51 Å². The molecule has 0 aromatic heterocycles. The minimum Gasteiger partial charge on any atom is -0.388 e. The molecule has 0 spiro atoms. The monoisotopic (exact) mass is 393 g/mol. The molecule has 4 nitrogen and oxygen atoms in total. The largest absolute Gasteiger partial charge is 0.501 e. The van der Waals surface area contributed by atoms with Crippen LogP contribution in [0.3, 0.4) is 0 Å². The van der Waals surface area contributed by atoms with Crippen LogP contribution in [0.5, 0.6) is 0 Å². The number of anilines is 2. The van der Waals surface area contributed by atoms with Crippen LogP contribution in [-0.2, 0) is 16.3 Å². The SMILES string of the molecule is O=S(=O)(c1ccc(Nc2cc(F)cc(F)c2)c2c1[C@H](O)CC2)C(F)(F)F. The van der Waals surface area contributed by atoms with Crippen molar-refractivity contribution < 1.29 is 35.5 Å². The van der Waals surface area contributed by atoms with Gasteiger partial charge < -0.3 is 10.4 Å².